The zero-order valence-electron chi connectivity index (χ0n) is 12.2. The molecule has 2 atom stereocenters. The van der Waals surface area contributed by atoms with Gasteiger partial charge in [-0.1, -0.05) is 6.07 Å². The van der Waals surface area contributed by atoms with Crippen molar-refractivity contribution in [2.24, 2.45) is 0 Å². The van der Waals surface area contributed by atoms with Crippen LogP contribution in [-0.4, -0.2) is 27.9 Å². The van der Waals surface area contributed by atoms with Crippen molar-refractivity contribution in [1.29, 1.82) is 0 Å². The van der Waals surface area contributed by atoms with Gasteiger partial charge in [0.1, 0.15) is 0 Å². The molecule has 3 heteroatoms. The Morgan fingerprint density at radius 2 is 2.00 bits per heavy atom. The maximum absolute atomic E-state index is 12.6. The van der Waals surface area contributed by atoms with Crippen LogP contribution in [0.3, 0.4) is 0 Å². The number of nitrogens with one attached hydrogen (secondary N) is 1. The minimum Gasteiger partial charge on any atom is -0.361 e. The van der Waals surface area contributed by atoms with E-state index in [-0.39, 0.29) is 5.91 Å². The first-order valence-corrected chi connectivity index (χ1v) is 7.52. The molecular formula is C17H22N2O. The third-order valence-electron chi connectivity index (χ3n) is 4.45. The second kappa shape index (κ2) is 5.31. The molecule has 20 heavy (non-hydrogen) atoms. The van der Waals surface area contributed by atoms with E-state index in [2.05, 4.69) is 48.0 Å². The molecular weight excluding hydrogens is 248 g/mol. The molecule has 0 radical (unpaired) electrons. The van der Waals surface area contributed by atoms with Gasteiger partial charge in [-0.2, -0.15) is 0 Å². The first-order chi connectivity index (χ1) is 9.65. The number of benzene rings is 1. The number of carbonyl (C=O) groups excluding carboxylic acids is 1. The molecule has 1 aromatic heterocycles. The summed E-state index contributed by atoms with van der Waals surface area (Å²) in [7, 11) is 0. The highest BCUT2D eigenvalue weighted by atomic mass is 16.2. The van der Waals surface area contributed by atoms with E-state index in [0.717, 1.165) is 23.9 Å². The van der Waals surface area contributed by atoms with Crippen molar-refractivity contribution in [3.05, 3.63) is 36.0 Å². The van der Waals surface area contributed by atoms with Gasteiger partial charge in [0.25, 0.3) is 0 Å². The lowest BCUT2D eigenvalue weighted by molar-refractivity contribution is -0.136. The monoisotopic (exact) mass is 270 g/mol. The van der Waals surface area contributed by atoms with Gasteiger partial charge < -0.3 is 9.88 Å². The number of rotatable bonds is 2. The number of H-pyrrole nitrogens is 1. The standard InChI is InChI=1S/C17H22N2O/c1-12-4-3-5-13(2)19(12)17(20)11-14-6-7-16-15(10-14)8-9-18-16/h6-10,12-13,18H,3-5,11H2,1-2H3. The van der Waals surface area contributed by atoms with Crippen LogP contribution in [0.25, 0.3) is 10.9 Å². The van der Waals surface area contributed by atoms with Crippen LogP contribution in [0.15, 0.2) is 30.5 Å². The third-order valence-corrected chi connectivity index (χ3v) is 4.45. The lowest BCUT2D eigenvalue weighted by atomic mass is 9.96. The SMILES string of the molecule is CC1CCCC(C)N1C(=O)Cc1ccc2[nH]ccc2c1. The number of hydrogen-bond donors (Lipinski definition) is 1. The molecule has 1 amide bonds. The van der Waals surface area contributed by atoms with E-state index >= 15 is 0 Å². The number of amides is 1. The van der Waals surface area contributed by atoms with Crippen LogP contribution in [0.4, 0.5) is 0 Å². The van der Waals surface area contributed by atoms with Crippen LogP contribution in [0.5, 0.6) is 0 Å². The molecule has 1 N–H and O–H groups in total. The highest BCUT2D eigenvalue weighted by molar-refractivity contribution is 5.84. The Balaban J connectivity index is 1.77. The lowest BCUT2D eigenvalue weighted by Crippen LogP contribution is -2.48. The molecule has 2 heterocycles. The largest absolute Gasteiger partial charge is 0.361 e. The van der Waals surface area contributed by atoms with Crippen LogP contribution < -0.4 is 0 Å². The predicted octanol–water partition coefficient (Wildman–Crippen LogP) is 3.50. The van der Waals surface area contributed by atoms with E-state index < -0.39 is 0 Å². The van der Waals surface area contributed by atoms with Crippen molar-refractivity contribution in [1.82, 2.24) is 9.88 Å². The summed E-state index contributed by atoms with van der Waals surface area (Å²) in [5.41, 5.74) is 2.23. The fraction of sp³-hybridized carbons (Fsp3) is 0.471. The maximum Gasteiger partial charge on any atom is 0.227 e. The average Bonchev–Trinajstić information content (AvgIpc) is 2.85. The molecule has 1 fully saturated rings. The van der Waals surface area contributed by atoms with E-state index in [4.69, 9.17) is 0 Å². The van der Waals surface area contributed by atoms with Gasteiger partial charge in [-0.3, -0.25) is 4.79 Å². The number of carbonyl (C=O) groups is 1. The van der Waals surface area contributed by atoms with Crippen molar-refractivity contribution in [2.75, 3.05) is 0 Å². The Hall–Kier alpha value is -1.77. The number of fused-ring (bicyclic) bond motifs is 1. The zero-order chi connectivity index (χ0) is 14.1. The average molecular weight is 270 g/mol. The van der Waals surface area contributed by atoms with Crippen molar-refractivity contribution in [3.8, 4) is 0 Å². The fourth-order valence-corrected chi connectivity index (χ4v) is 3.39. The molecule has 0 bridgehead atoms. The highest BCUT2D eigenvalue weighted by Crippen LogP contribution is 2.24. The van der Waals surface area contributed by atoms with Crippen LogP contribution >= 0.6 is 0 Å². The van der Waals surface area contributed by atoms with Gasteiger partial charge in [0.2, 0.25) is 5.91 Å². The van der Waals surface area contributed by atoms with Gasteiger partial charge in [-0.15, -0.1) is 0 Å². The second-order valence-corrected chi connectivity index (χ2v) is 6.01. The van der Waals surface area contributed by atoms with Gasteiger partial charge in [0.15, 0.2) is 0 Å². The van der Waals surface area contributed by atoms with Crippen LogP contribution in [-0.2, 0) is 11.2 Å². The Bertz CT molecular complexity index is 606. The summed E-state index contributed by atoms with van der Waals surface area (Å²) >= 11 is 0. The van der Waals surface area contributed by atoms with Crippen LogP contribution in [0.1, 0.15) is 38.7 Å². The molecule has 3 rings (SSSR count). The minimum atomic E-state index is 0.264. The van der Waals surface area contributed by atoms with Crippen LogP contribution in [0, 0.1) is 0 Å². The van der Waals surface area contributed by atoms with Crippen molar-refractivity contribution in [2.45, 2.75) is 51.6 Å². The van der Waals surface area contributed by atoms with Crippen LogP contribution in [0.2, 0.25) is 0 Å². The molecule has 2 aromatic rings. The summed E-state index contributed by atoms with van der Waals surface area (Å²) in [6.45, 7) is 4.34. The van der Waals surface area contributed by atoms with E-state index in [1.807, 2.05) is 6.20 Å². The fourth-order valence-electron chi connectivity index (χ4n) is 3.39. The first kappa shape index (κ1) is 13.2. The molecule has 0 saturated carbocycles. The van der Waals surface area contributed by atoms with Crippen molar-refractivity contribution in [3.63, 3.8) is 0 Å². The summed E-state index contributed by atoms with van der Waals surface area (Å²) in [4.78, 5) is 17.9. The van der Waals surface area contributed by atoms with Crippen molar-refractivity contribution >= 4 is 16.8 Å². The van der Waals surface area contributed by atoms with Gasteiger partial charge in [0, 0.05) is 23.8 Å². The number of nitrogens with zero attached hydrogens (tertiary/aromatic N) is 1. The number of likely N-dealkylation sites (tertiary alicyclic amines) is 1. The molecule has 0 aliphatic carbocycles. The number of aromatic amines is 1. The molecule has 0 spiro atoms. The van der Waals surface area contributed by atoms with E-state index in [1.165, 1.54) is 11.8 Å². The molecule has 106 valence electrons. The molecule has 1 aliphatic heterocycles. The maximum atomic E-state index is 12.6. The van der Waals surface area contributed by atoms with E-state index in [0.29, 0.717) is 18.5 Å². The summed E-state index contributed by atoms with van der Waals surface area (Å²) in [5, 5.41) is 1.18. The Kier molecular flexibility index (Phi) is 3.51. The summed E-state index contributed by atoms with van der Waals surface area (Å²) in [6.07, 6.45) is 5.95. The predicted molar refractivity (Wildman–Crippen MR) is 81.6 cm³/mol. The number of hydrogen-bond acceptors (Lipinski definition) is 1. The lowest BCUT2D eigenvalue weighted by Gasteiger charge is -2.39. The second-order valence-electron chi connectivity index (χ2n) is 6.01. The molecule has 3 nitrogen and oxygen atoms in total. The van der Waals surface area contributed by atoms with Crippen molar-refractivity contribution < 1.29 is 4.79 Å². The van der Waals surface area contributed by atoms with E-state index in [1.54, 1.807) is 0 Å². The first-order valence-electron chi connectivity index (χ1n) is 7.52. The molecule has 1 aliphatic rings. The molecule has 1 aromatic carbocycles. The summed E-state index contributed by atoms with van der Waals surface area (Å²) in [6, 6.07) is 9.03. The smallest absolute Gasteiger partial charge is 0.227 e. The van der Waals surface area contributed by atoms with Gasteiger partial charge in [-0.05, 0) is 62.3 Å². The molecule has 1 saturated heterocycles. The minimum absolute atomic E-state index is 0.264. The van der Waals surface area contributed by atoms with E-state index in [9.17, 15) is 4.79 Å². The number of aromatic nitrogens is 1. The Labute approximate surface area is 120 Å². The highest BCUT2D eigenvalue weighted by Gasteiger charge is 2.28. The Morgan fingerprint density at radius 3 is 2.75 bits per heavy atom. The molecule has 2 unspecified atom stereocenters. The zero-order valence-corrected chi connectivity index (χ0v) is 12.2. The van der Waals surface area contributed by atoms with Gasteiger partial charge in [-0.25, -0.2) is 0 Å². The van der Waals surface area contributed by atoms with Gasteiger partial charge >= 0.3 is 0 Å². The van der Waals surface area contributed by atoms with Gasteiger partial charge in [0.05, 0.1) is 6.42 Å². The quantitative estimate of drug-likeness (QED) is 0.890. The Morgan fingerprint density at radius 1 is 1.25 bits per heavy atom. The normalized spacial score (nSPS) is 23.2. The summed E-state index contributed by atoms with van der Waals surface area (Å²) in [5.74, 6) is 0.264. The third kappa shape index (κ3) is 2.45. The summed E-state index contributed by atoms with van der Waals surface area (Å²) < 4.78 is 0. The number of piperidine rings is 1. The topological polar surface area (TPSA) is 36.1 Å².